The van der Waals surface area contributed by atoms with Crippen LogP contribution < -0.4 is 5.73 Å². The predicted octanol–water partition coefficient (Wildman–Crippen LogP) is 0.595. The lowest BCUT2D eigenvalue weighted by Crippen LogP contribution is -2.29. The predicted molar refractivity (Wildman–Crippen MR) is 43.8 cm³/mol. The molecule has 0 aliphatic carbocycles. The molecule has 58 valence electrons. The monoisotopic (exact) mass is 140 g/mol. The largest absolute Gasteiger partial charge is 0.324 e. The second-order valence-electron chi connectivity index (χ2n) is 3.08. The van der Waals surface area contributed by atoms with Crippen LogP contribution in [-0.2, 0) is 0 Å². The van der Waals surface area contributed by atoms with Gasteiger partial charge in [0, 0.05) is 19.1 Å². The summed E-state index contributed by atoms with van der Waals surface area (Å²) in [5.74, 6) is 0. The molecule has 0 fully saturated rings. The molecule has 2 heteroatoms. The fourth-order valence-electron chi connectivity index (χ4n) is 1.20. The lowest BCUT2D eigenvalue weighted by molar-refractivity contribution is 0.354. The summed E-state index contributed by atoms with van der Waals surface area (Å²) in [5.41, 5.74) is 7.14. The van der Waals surface area contributed by atoms with Crippen molar-refractivity contribution in [2.45, 2.75) is 19.4 Å². The Morgan fingerprint density at radius 3 is 2.80 bits per heavy atom. The van der Waals surface area contributed by atoms with Gasteiger partial charge in [-0.15, -0.1) is 0 Å². The molecule has 0 bridgehead atoms. The van der Waals surface area contributed by atoms with Crippen LogP contribution in [0.25, 0.3) is 0 Å². The Morgan fingerprint density at radius 1 is 1.70 bits per heavy atom. The van der Waals surface area contributed by atoms with Crippen molar-refractivity contribution in [3.05, 3.63) is 11.6 Å². The Morgan fingerprint density at radius 2 is 2.40 bits per heavy atom. The Bertz CT molecular complexity index is 138. The van der Waals surface area contributed by atoms with Crippen molar-refractivity contribution < 1.29 is 0 Å². The molecule has 1 aliphatic rings. The average Bonchev–Trinajstić information content (AvgIpc) is 1.88. The van der Waals surface area contributed by atoms with Crippen molar-refractivity contribution >= 4 is 0 Å². The van der Waals surface area contributed by atoms with Crippen molar-refractivity contribution in [2.24, 2.45) is 5.73 Å². The Balaban J connectivity index is 2.48. The zero-order chi connectivity index (χ0) is 7.56. The Kier molecular flexibility index (Phi) is 2.46. The van der Waals surface area contributed by atoms with Gasteiger partial charge in [-0.25, -0.2) is 0 Å². The number of likely N-dealkylation sites (N-methyl/N-ethyl adjacent to an activating group) is 1. The normalized spacial score (nSPS) is 24.1. The van der Waals surface area contributed by atoms with Gasteiger partial charge in [0.2, 0.25) is 0 Å². The summed E-state index contributed by atoms with van der Waals surface area (Å²) in [6.45, 7) is 4.28. The SMILES string of the molecule is C[C@@H](N)C1=CCN(C)CC1. The molecule has 0 saturated heterocycles. The van der Waals surface area contributed by atoms with Gasteiger partial charge in [0.15, 0.2) is 0 Å². The van der Waals surface area contributed by atoms with E-state index in [0.717, 1.165) is 19.5 Å². The highest BCUT2D eigenvalue weighted by molar-refractivity contribution is 5.12. The summed E-state index contributed by atoms with van der Waals surface area (Å²) in [6.07, 6.45) is 3.39. The molecule has 0 unspecified atom stereocenters. The van der Waals surface area contributed by atoms with E-state index in [1.807, 2.05) is 0 Å². The molecule has 2 nitrogen and oxygen atoms in total. The summed E-state index contributed by atoms with van der Waals surface area (Å²) in [4.78, 5) is 2.30. The molecule has 1 aliphatic heterocycles. The van der Waals surface area contributed by atoms with E-state index in [2.05, 4.69) is 24.9 Å². The first-order valence-corrected chi connectivity index (χ1v) is 3.83. The molecular weight excluding hydrogens is 124 g/mol. The summed E-state index contributed by atoms with van der Waals surface area (Å²) in [6, 6.07) is 0.258. The fraction of sp³-hybridized carbons (Fsp3) is 0.750. The zero-order valence-corrected chi connectivity index (χ0v) is 6.80. The van der Waals surface area contributed by atoms with Gasteiger partial charge in [-0.3, -0.25) is 0 Å². The van der Waals surface area contributed by atoms with Crippen molar-refractivity contribution in [1.82, 2.24) is 4.90 Å². The van der Waals surface area contributed by atoms with Gasteiger partial charge >= 0.3 is 0 Å². The van der Waals surface area contributed by atoms with Gasteiger partial charge in [0.1, 0.15) is 0 Å². The van der Waals surface area contributed by atoms with Crippen LogP contribution in [0.15, 0.2) is 11.6 Å². The second kappa shape index (κ2) is 3.17. The van der Waals surface area contributed by atoms with E-state index in [-0.39, 0.29) is 6.04 Å². The molecule has 0 amide bonds. The van der Waals surface area contributed by atoms with Gasteiger partial charge in [-0.1, -0.05) is 11.6 Å². The smallest absolute Gasteiger partial charge is 0.0225 e. The standard InChI is InChI=1S/C8H16N2/c1-7(9)8-3-5-10(2)6-4-8/h3,7H,4-6,9H2,1-2H3/t7-/m1/s1. The average molecular weight is 140 g/mol. The van der Waals surface area contributed by atoms with Crippen LogP contribution in [-0.4, -0.2) is 31.1 Å². The van der Waals surface area contributed by atoms with Crippen molar-refractivity contribution in [2.75, 3.05) is 20.1 Å². The quantitative estimate of drug-likeness (QED) is 0.540. The van der Waals surface area contributed by atoms with Crippen molar-refractivity contribution in [3.63, 3.8) is 0 Å². The maximum absolute atomic E-state index is 5.73. The van der Waals surface area contributed by atoms with Crippen molar-refractivity contribution in [3.8, 4) is 0 Å². The van der Waals surface area contributed by atoms with E-state index < -0.39 is 0 Å². The molecule has 0 aromatic heterocycles. The first-order valence-electron chi connectivity index (χ1n) is 3.83. The maximum atomic E-state index is 5.73. The highest BCUT2D eigenvalue weighted by Crippen LogP contribution is 2.10. The van der Waals surface area contributed by atoms with E-state index in [9.17, 15) is 0 Å². The van der Waals surface area contributed by atoms with Crippen LogP contribution >= 0.6 is 0 Å². The summed E-state index contributed by atoms with van der Waals surface area (Å²) >= 11 is 0. The minimum absolute atomic E-state index is 0.258. The zero-order valence-electron chi connectivity index (χ0n) is 6.80. The van der Waals surface area contributed by atoms with E-state index in [1.54, 1.807) is 0 Å². The fourth-order valence-corrected chi connectivity index (χ4v) is 1.20. The van der Waals surface area contributed by atoms with E-state index >= 15 is 0 Å². The molecule has 2 N–H and O–H groups in total. The summed E-state index contributed by atoms with van der Waals surface area (Å²) < 4.78 is 0. The number of hydrogen-bond acceptors (Lipinski definition) is 2. The van der Waals surface area contributed by atoms with E-state index in [4.69, 9.17) is 5.73 Å². The molecule has 0 aromatic rings. The molecule has 0 spiro atoms. The lowest BCUT2D eigenvalue weighted by atomic mass is 10.0. The first-order chi connectivity index (χ1) is 4.70. The molecule has 10 heavy (non-hydrogen) atoms. The minimum atomic E-state index is 0.258. The third-order valence-electron chi connectivity index (χ3n) is 2.03. The van der Waals surface area contributed by atoms with Crippen LogP contribution in [0.1, 0.15) is 13.3 Å². The molecular formula is C8H16N2. The molecule has 0 radical (unpaired) electrons. The van der Waals surface area contributed by atoms with Gasteiger partial charge in [0.25, 0.3) is 0 Å². The Labute approximate surface area is 62.7 Å². The third kappa shape index (κ3) is 1.82. The maximum Gasteiger partial charge on any atom is 0.0225 e. The van der Waals surface area contributed by atoms with Gasteiger partial charge in [-0.05, 0) is 20.4 Å². The lowest BCUT2D eigenvalue weighted by Gasteiger charge is -2.23. The van der Waals surface area contributed by atoms with Crippen LogP contribution in [0.5, 0.6) is 0 Å². The third-order valence-corrected chi connectivity index (χ3v) is 2.03. The number of hydrogen-bond donors (Lipinski definition) is 1. The molecule has 0 saturated carbocycles. The van der Waals surface area contributed by atoms with E-state index in [1.165, 1.54) is 5.57 Å². The number of rotatable bonds is 1. The van der Waals surface area contributed by atoms with Gasteiger partial charge in [0.05, 0.1) is 0 Å². The number of nitrogens with two attached hydrogens (primary N) is 1. The highest BCUT2D eigenvalue weighted by Gasteiger charge is 2.09. The van der Waals surface area contributed by atoms with Crippen molar-refractivity contribution in [1.29, 1.82) is 0 Å². The van der Waals surface area contributed by atoms with Gasteiger partial charge < -0.3 is 10.6 Å². The van der Waals surface area contributed by atoms with Crippen LogP contribution in [0, 0.1) is 0 Å². The topological polar surface area (TPSA) is 29.3 Å². The van der Waals surface area contributed by atoms with Crippen LogP contribution in [0.3, 0.4) is 0 Å². The van der Waals surface area contributed by atoms with Crippen LogP contribution in [0.2, 0.25) is 0 Å². The molecule has 1 atom stereocenters. The van der Waals surface area contributed by atoms with Gasteiger partial charge in [-0.2, -0.15) is 0 Å². The highest BCUT2D eigenvalue weighted by atomic mass is 15.1. The first kappa shape index (κ1) is 7.76. The molecule has 1 heterocycles. The number of nitrogens with zero attached hydrogens (tertiary/aromatic N) is 1. The molecule has 0 aromatic carbocycles. The summed E-state index contributed by atoms with van der Waals surface area (Å²) in [7, 11) is 2.13. The van der Waals surface area contributed by atoms with Crippen LogP contribution in [0.4, 0.5) is 0 Å². The molecule has 1 rings (SSSR count). The Hall–Kier alpha value is -0.340. The second-order valence-corrected chi connectivity index (χ2v) is 3.08. The van der Waals surface area contributed by atoms with E-state index in [0.29, 0.717) is 0 Å². The minimum Gasteiger partial charge on any atom is -0.324 e. The summed E-state index contributed by atoms with van der Waals surface area (Å²) in [5, 5.41) is 0.